The van der Waals surface area contributed by atoms with E-state index < -0.39 is 0 Å². The van der Waals surface area contributed by atoms with Crippen molar-refractivity contribution in [1.29, 1.82) is 0 Å². The van der Waals surface area contributed by atoms with E-state index in [0.717, 1.165) is 30.0 Å². The lowest BCUT2D eigenvalue weighted by atomic mass is 9.92. The Hall–Kier alpha value is -0.240. The van der Waals surface area contributed by atoms with Crippen molar-refractivity contribution in [3.8, 4) is 0 Å². The Morgan fingerprint density at radius 1 is 1.29 bits per heavy atom. The predicted molar refractivity (Wildman–Crippen MR) is 61.0 cm³/mol. The first-order valence-corrected chi connectivity index (χ1v) is 5.68. The van der Waals surface area contributed by atoms with Crippen molar-refractivity contribution >= 4 is 23.2 Å². The molecule has 2 rings (SSSR count). The molecule has 1 aliphatic rings. The maximum Gasteiger partial charge on any atom is 0.0450 e. The minimum Gasteiger partial charge on any atom is -0.310 e. The summed E-state index contributed by atoms with van der Waals surface area (Å²) in [6.07, 6.45) is 2.15. The summed E-state index contributed by atoms with van der Waals surface area (Å²) < 4.78 is 0. The third-order valence-corrected chi connectivity index (χ3v) is 3.34. The summed E-state index contributed by atoms with van der Waals surface area (Å²) in [6.45, 7) is 0.841. The normalized spacial score (nSPS) is 25.9. The summed E-state index contributed by atoms with van der Waals surface area (Å²) in [6, 6.07) is 8.50. The van der Waals surface area contributed by atoms with Gasteiger partial charge in [-0.15, -0.1) is 11.6 Å². The molecule has 0 aliphatic heterocycles. The largest absolute Gasteiger partial charge is 0.310 e. The Morgan fingerprint density at radius 3 is 2.64 bits per heavy atom. The molecule has 0 heterocycles. The van der Waals surface area contributed by atoms with E-state index in [2.05, 4.69) is 5.32 Å². The molecular formula is C11H13Cl2N. The zero-order valence-corrected chi connectivity index (χ0v) is 9.35. The van der Waals surface area contributed by atoms with Gasteiger partial charge in [0.05, 0.1) is 0 Å². The quantitative estimate of drug-likeness (QED) is 0.786. The molecule has 14 heavy (non-hydrogen) atoms. The number of alkyl halides is 1. The van der Waals surface area contributed by atoms with Crippen LogP contribution in [0.2, 0.25) is 5.02 Å². The molecule has 0 unspecified atom stereocenters. The molecule has 1 fully saturated rings. The Bertz CT molecular complexity index is 308. The second-order valence-corrected chi connectivity index (χ2v) is 4.76. The van der Waals surface area contributed by atoms with Gasteiger partial charge in [-0.3, -0.25) is 0 Å². The van der Waals surface area contributed by atoms with Crippen molar-refractivity contribution in [3.05, 3.63) is 34.9 Å². The number of hydrogen-bond donors (Lipinski definition) is 1. The second kappa shape index (κ2) is 4.52. The van der Waals surface area contributed by atoms with Crippen LogP contribution in [0, 0.1) is 0 Å². The molecule has 0 atom stereocenters. The summed E-state index contributed by atoms with van der Waals surface area (Å²) in [4.78, 5) is 0. The highest BCUT2D eigenvalue weighted by Gasteiger charge is 2.26. The van der Waals surface area contributed by atoms with E-state index in [0.29, 0.717) is 11.4 Å². The average molecular weight is 230 g/mol. The van der Waals surface area contributed by atoms with E-state index in [-0.39, 0.29) is 0 Å². The summed E-state index contributed by atoms with van der Waals surface area (Å²) in [5.74, 6) is 0. The number of halogens is 2. The van der Waals surface area contributed by atoms with Gasteiger partial charge in [0, 0.05) is 23.0 Å². The summed E-state index contributed by atoms with van der Waals surface area (Å²) in [5, 5.41) is 4.65. The molecule has 1 N–H and O–H groups in total. The summed E-state index contributed by atoms with van der Waals surface area (Å²) >= 11 is 11.9. The zero-order valence-electron chi connectivity index (χ0n) is 7.84. The van der Waals surface area contributed by atoms with E-state index in [4.69, 9.17) is 23.2 Å². The van der Waals surface area contributed by atoms with Gasteiger partial charge in [0.2, 0.25) is 0 Å². The van der Waals surface area contributed by atoms with Crippen molar-refractivity contribution in [3.63, 3.8) is 0 Å². The van der Waals surface area contributed by atoms with Crippen molar-refractivity contribution in [2.75, 3.05) is 0 Å². The van der Waals surface area contributed by atoms with Gasteiger partial charge in [-0.1, -0.05) is 29.8 Å². The van der Waals surface area contributed by atoms with E-state index in [9.17, 15) is 0 Å². The van der Waals surface area contributed by atoms with Gasteiger partial charge >= 0.3 is 0 Å². The molecule has 0 aromatic heterocycles. The molecule has 0 amide bonds. The lowest BCUT2D eigenvalue weighted by Crippen LogP contribution is -2.41. The highest BCUT2D eigenvalue weighted by molar-refractivity contribution is 6.31. The maximum absolute atomic E-state index is 6.03. The molecule has 1 aromatic carbocycles. The van der Waals surface area contributed by atoms with Gasteiger partial charge in [-0.25, -0.2) is 0 Å². The molecule has 1 aromatic rings. The van der Waals surface area contributed by atoms with Crippen LogP contribution in [0.1, 0.15) is 18.4 Å². The standard InChI is InChI=1S/C11H13Cl2N/c12-9-5-10(6-9)14-7-8-3-1-2-4-11(8)13/h1-4,9-10,14H,5-7H2. The number of rotatable bonds is 3. The van der Waals surface area contributed by atoms with Gasteiger partial charge in [0.25, 0.3) is 0 Å². The van der Waals surface area contributed by atoms with Gasteiger partial charge in [-0.2, -0.15) is 0 Å². The van der Waals surface area contributed by atoms with Crippen molar-refractivity contribution in [2.45, 2.75) is 30.8 Å². The minimum absolute atomic E-state index is 0.374. The van der Waals surface area contributed by atoms with Gasteiger partial charge < -0.3 is 5.32 Å². The Balaban J connectivity index is 1.83. The number of benzene rings is 1. The third-order valence-electron chi connectivity index (χ3n) is 2.62. The smallest absolute Gasteiger partial charge is 0.0450 e. The Morgan fingerprint density at radius 2 is 2.00 bits per heavy atom. The predicted octanol–water partition coefficient (Wildman–Crippen LogP) is 3.20. The van der Waals surface area contributed by atoms with Crippen LogP contribution in [-0.4, -0.2) is 11.4 Å². The highest BCUT2D eigenvalue weighted by Crippen LogP contribution is 2.26. The number of hydrogen-bond acceptors (Lipinski definition) is 1. The summed E-state index contributed by atoms with van der Waals surface area (Å²) in [7, 11) is 0. The van der Waals surface area contributed by atoms with Crippen LogP contribution in [0.4, 0.5) is 0 Å². The zero-order chi connectivity index (χ0) is 9.97. The molecule has 1 nitrogen and oxygen atoms in total. The van der Waals surface area contributed by atoms with Gasteiger partial charge in [0.15, 0.2) is 0 Å². The van der Waals surface area contributed by atoms with E-state index in [1.54, 1.807) is 0 Å². The van der Waals surface area contributed by atoms with Crippen LogP contribution in [0.15, 0.2) is 24.3 Å². The van der Waals surface area contributed by atoms with E-state index >= 15 is 0 Å². The summed E-state index contributed by atoms with van der Waals surface area (Å²) in [5.41, 5.74) is 1.16. The van der Waals surface area contributed by atoms with Gasteiger partial charge in [-0.05, 0) is 24.5 Å². The van der Waals surface area contributed by atoms with Gasteiger partial charge in [0.1, 0.15) is 0 Å². The van der Waals surface area contributed by atoms with Crippen molar-refractivity contribution in [1.82, 2.24) is 5.32 Å². The van der Waals surface area contributed by atoms with Crippen LogP contribution in [-0.2, 0) is 6.54 Å². The first kappa shape index (κ1) is 10.3. The Kier molecular flexibility index (Phi) is 3.32. The highest BCUT2D eigenvalue weighted by atomic mass is 35.5. The molecule has 0 saturated heterocycles. The van der Waals surface area contributed by atoms with Crippen molar-refractivity contribution in [2.24, 2.45) is 0 Å². The van der Waals surface area contributed by atoms with Crippen LogP contribution in [0.25, 0.3) is 0 Å². The monoisotopic (exact) mass is 229 g/mol. The molecule has 0 radical (unpaired) electrons. The fourth-order valence-electron chi connectivity index (χ4n) is 1.61. The van der Waals surface area contributed by atoms with Crippen LogP contribution >= 0.6 is 23.2 Å². The average Bonchev–Trinajstić information content (AvgIpc) is 2.13. The Labute approximate surface area is 94.4 Å². The first-order chi connectivity index (χ1) is 6.75. The SMILES string of the molecule is Clc1ccccc1CNC1CC(Cl)C1. The lowest BCUT2D eigenvalue weighted by Gasteiger charge is -2.31. The lowest BCUT2D eigenvalue weighted by molar-refractivity contribution is 0.345. The molecular weight excluding hydrogens is 217 g/mol. The topological polar surface area (TPSA) is 12.0 Å². The molecule has 1 aliphatic carbocycles. The van der Waals surface area contributed by atoms with Crippen LogP contribution < -0.4 is 5.32 Å². The molecule has 1 saturated carbocycles. The molecule has 0 spiro atoms. The number of nitrogens with one attached hydrogen (secondary N) is 1. The fourth-order valence-corrected chi connectivity index (χ4v) is 2.24. The fraction of sp³-hybridized carbons (Fsp3) is 0.455. The first-order valence-electron chi connectivity index (χ1n) is 4.86. The maximum atomic E-state index is 6.03. The molecule has 0 bridgehead atoms. The third kappa shape index (κ3) is 2.41. The second-order valence-electron chi connectivity index (χ2n) is 3.74. The van der Waals surface area contributed by atoms with Crippen LogP contribution in [0.3, 0.4) is 0 Å². The molecule has 76 valence electrons. The van der Waals surface area contributed by atoms with E-state index in [1.807, 2.05) is 24.3 Å². The molecule has 3 heteroatoms. The van der Waals surface area contributed by atoms with E-state index in [1.165, 1.54) is 0 Å². The van der Waals surface area contributed by atoms with Crippen molar-refractivity contribution < 1.29 is 0 Å². The minimum atomic E-state index is 0.374. The van der Waals surface area contributed by atoms with Crippen LogP contribution in [0.5, 0.6) is 0 Å².